The highest BCUT2D eigenvalue weighted by Crippen LogP contribution is 2.28. The average Bonchev–Trinajstić information content (AvgIpc) is 2.46. The number of hydrogen-bond acceptors (Lipinski definition) is 0. The van der Waals surface area contributed by atoms with E-state index in [1.807, 2.05) is 0 Å². The first-order valence-corrected chi connectivity index (χ1v) is 4.15. The minimum atomic E-state index is -4.40. The molecular formula is C10H6F4N. The van der Waals surface area contributed by atoms with Crippen molar-refractivity contribution >= 4 is 10.9 Å². The number of halogens is 4. The van der Waals surface area contributed by atoms with E-state index in [9.17, 15) is 17.6 Å². The molecule has 0 unspecified atom stereocenters. The average molecular weight is 216 g/mol. The molecule has 0 aliphatic rings. The summed E-state index contributed by atoms with van der Waals surface area (Å²) in [6, 6.07) is 3.66. The molecule has 0 atom stereocenters. The van der Waals surface area contributed by atoms with Gasteiger partial charge in [-0.15, -0.1) is 0 Å². The number of benzene rings is 1. The maximum Gasteiger partial charge on any atom is 0.396 e. The number of aromatic nitrogens is 1. The zero-order chi connectivity index (χ0) is 11.1. The summed E-state index contributed by atoms with van der Waals surface area (Å²) in [5, 5.41) is 0.229. The van der Waals surface area contributed by atoms with E-state index in [2.05, 4.69) is 4.98 Å². The first-order chi connectivity index (χ1) is 6.96. The second-order valence-electron chi connectivity index (χ2n) is 3.12. The molecule has 1 aromatic heterocycles. The van der Waals surface area contributed by atoms with Gasteiger partial charge in [-0.2, -0.15) is 13.2 Å². The quantitative estimate of drug-likeness (QED) is 0.703. The van der Waals surface area contributed by atoms with Crippen LogP contribution < -0.4 is 0 Å². The van der Waals surface area contributed by atoms with Crippen molar-refractivity contribution < 1.29 is 17.6 Å². The van der Waals surface area contributed by atoms with Crippen LogP contribution in [0.15, 0.2) is 24.4 Å². The summed E-state index contributed by atoms with van der Waals surface area (Å²) in [7, 11) is 0. The number of fused-ring (bicyclic) bond motifs is 1. The number of H-pyrrole nitrogens is 1. The first kappa shape index (κ1) is 10.0. The molecule has 0 fully saturated rings. The van der Waals surface area contributed by atoms with Crippen molar-refractivity contribution in [1.29, 1.82) is 0 Å². The van der Waals surface area contributed by atoms with E-state index in [1.165, 1.54) is 18.3 Å². The molecule has 2 rings (SSSR count). The normalized spacial score (nSPS) is 12.3. The van der Waals surface area contributed by atoms with E-state index >= 15 is 0 Å². The fraction of sp³-hybridized carbons (Fsp3) is 0.100. The lowest BCUT2D eigenvalue weighted by Crippen LogP contribution is -2.08. The van der Waals surface area contributed by atoms with Gasteiger partial charge >= 0.3 is 6.18 Å². The van der Waals surface area contributed by atoms with E-state index in [0.717, 1.165) is 6.07 Å². The highest BCUT2D eigenvalue weighted by molar-refractivity contribution is 5.84. The Morgan fingerprint density at radius 2 is 1.93 bits per heavy atom. The SMILES string of the molecule is Fc1ccc2[nH]cc([CH]C(F)(F)F)c2c1. The van der Waals surface area contributed by atoms with E-state index in [1.54, 1.807) is 0 Å². The van der Waals surface area contributed by atoms with Crippen LogP contribution in [0.5, 0.6) is 0 Å². The predicted molar refractivity (Wildman–Crippen MR) is 47.7 cm³/mol. The van der Waals surface area contributed by atoms with Gasteiger partial charge in [0.1, 0.15) is 5.82 Å². The maximum absolute atomic E-state index is 12.8. The zero-order valence-corrected chi connectivity index (χ0v) is 7.40. The Labute approximate surface area is 82.7 Å². The largest absolute Gasteiger partial charge is 0.396 e. The van der Waals surface area contributed by atoms with E-state index in [0.29, 0.717) is 5.52 Å². The van der Waals surface area contributed by atoms with E-state index < -0.39 is 12.0 Å². The van der Waals surface area contributed by atoms with Gasteiger partial charge in [0, 0.05) is 17.1 Å². The second-order valence-corrected chi connectivity index (χ2v) is 3.12. The number of hydrogen-bond donors (Lipinski definition) is 1. The summed E-state index contributed by atoms with van der Waals surface area (Å²) in [6.07, 6.45) is -3.05. The topological polar surface area (TPSA) is 15.8 Å². The number of nitrogens with one attached hydrogen (secondary N) is 1. The smallest absolute Gasteiger partial charge is 0.361 e. The Morgan fingerprint density at radius 3 is 2.60 bits per heavy atom. The third kappa shape index (κ3) is 2.11. The lowest BCUT2D eigenvalue weighted by atomic mass is 10.1. The Kier molecular flexibility index (Phi) is 2.17. The van der Waals surface area contributed by atoms with Crippen molar-refractivity contribution in [3.05, 3.63) is 42.2 Å². The fourth-order valence-corrected chi connectivity index (χ4v) is 1.41. The monoisotopic (exact) mass is 216 g/mol. The van der Waals surface area contributed by atoms with Crippen LogP contribution in [0.2, 0.25) is 0 Å². The molecule has 79 valence electrons. The molecule has 0 bridgehead atoms. The Balaban J connectivity index is 2.48. The van der Waals surface area contributed by atoms with Crippen LogP contribution in [0.3, 0.4) is 0 Å². The van der Waals surface area contributed by atoms with Crippen LogP contribution in [0, 0.1) is 12.2 Å². The molecule has 15 heavy (non-hydrogen) atoms. The van der Waals surface area contributed by atoms with Crippen molar-refractivity contribution in [2.45, 2.75) is 6.18 Å². The molecule has 0 saturated heterocycles. The van der Waals surface area contributed by atoms with Crippen LogP contribution in [0.1, 0.15) is 5.56 Å². The lowest BCUT2D eigenvalue weighted by Gasteiger charge is -2.03. The first-order valence-electron chi connectivity index (χ1n) is 4.15. The van der Waals surface area contributed by atoms with Gasteiger partial charge in [-0.3, -0.25) is 0 Å². The van der Waals surface area contributed by atoms with Gasteiger partial charge in [-0.25, -0.2) is 4.39 Å². The molecule has 0 aliphatic carbocycles. The van der Waals surface area contributed by atoms with Crippen molar-refractivity contribution in [3.63, 3.8) is 0 Å². The Hall–Kier alpha value is -1.52. The fourth-order valence-electron chi connectivity index (χ4n) is 1.41. The van der Waals surface area contributed by atoms with Crippen molar-refractivity contribution in [2.75, 3.05) is 0 Å². The highest BCUT2D eigenvalue weighted by atomic mass is 19.4. The van der Waals surface area contributed by atoms with Gasteiger partial charge < -0.3 is 4.98 Å². The van der Waals surface area contributed by atoms with Gasteiger partial charge in [0.05, 0.1) is 6.42 Å². The summed E-state index contributed by atoms with van der Waals surface area (Å²) in [5.74, 6) is -0.557. The number of aromatic amines is 1. The predicted octanol–water partition coefficient (Wildman–Crippen LogP) is 3.42. The summed E-state index contributed by atoms with van der Waals surface area (Å²) in [4.78, 5) is 2.64. The van der Waals surface area contributed by atoms with Crippen LogP contribution >= 0.6 is 0 Å². The number of rotatable bonds is 1. The number of alkyl halides is 3. The second kappa shape index (κ2) is 3.25. The van der Waals surface area contributed by atoms with Crippen LogP contribution in [-0.2, 0) is 0 Å². The molecule has 2 aromatic rings. The summed E-state index contributed by atoms with van der Waals surface area (Å²) in [6.45, 7) is 0. The van der Waals surface area contributed by atoms with Gasteiger partial charge in [0.2, 0.25) is 0 Å². The molecule has 0 aliphatic heterocycles. The molecule has 5 heteroatoms. The zero-order valence-electron chi connectivity index (χ0n) is 7.40. The standard InChI is InChI=1S/C10H6F4N/c11-7-1-2-9-8(3-7)6(5-15-9)4-10(12,13)14/h1-5,15H. The molecule has 1 nitrogen and oxygen atoms in total. The summed E-state index contributed by atoms with van der Waals surface area (Å²) < 4.78 is 49.1. The third-order valence-electron chi connectivity index (χ3n) is 1.99. The molecule has 0 spiro atoms. The van der Waals surface area contributed by atoms with Crippen LogP contribution in [0.25, 0.3) is 10.9 Å². The van der Waals surface area contributed by atoms with Crippen LogP contribution in [0.4, 0.5) is 17.6 Å². The molecular weight excluding hydrogens is 210 g/mol. The van der Waals surface area contributed by atoms with Gasteiger partial charge in [-0.1, -0.05) is 0 Å². The van der Waals surface area contributed by atoms with Gasteiger partial charge in [-0.05, 0) is 23.8 Å². The summed E-state index contributed by atoms with van der Waals surface area (Å²) in [5.41, 5.74) is 0.420. The molecule has 1 heterocycles. The minimum absolute atomic E-state index is 0.0583. The van der Waals surface area contributed by atoms with Crippen molar-refractivity contribution in [1.82, 2.24) is 4.98 Å². The van der Waals surface area contributed by atoms with Crippen molar-refractivity contribution in [2.24, 2.45) is 0 Å². The summed E-state index contributed by atoms with van der Waals surface area (Å²) >= 11 is 0. The Bertz CT molecular complexity index is 484. The Morgan fingerprint density at radius 1 is 1.20 bits per heavy atom. The van der Waals surface area contributed by atoms with E-state index in [4.69, 9.17) is 0 Å². The molecule has 1 N–H and O–H groups in total. The van der Waals surface area contributed by atoms with Gasteiger partial charge in [0.15, 0.2) is 0 Å². The molecule has 1 aromatic carbocycles. The van der Waals surface area contributed by atoms with Gasteiger partial charge in [0.25, 0.3) is 0 Å². The molecule has 0 amide bonds. The third-order valence-corrected chi connectivity index (χ3v) is 1.99. The van der Waals surface area contributed by atoms with Crippen molar-refractivity contribution in [3.8, 4) is 0 Å². The highest BCUT2D eigenvalue weighted by Gasteiger charge is 2.29. The molecule has 1 radical (unpaired) electrons. The minimum Gasteiger partial charge on any atom is -0.361 e. The van der Waals surface area contributed by atoms with Crippen LogP contribution in [-0.4, -0.2) is 11.2 Å². The lowest BCUT2D eigenvalue weighted by molar-refractivity contribution is -0.0926. The maximum atomic E-state index is 12.8. The van der Waals surface area contributed by atoms with E-state index in [-0.39, 0.29) is 17.4 Å². The molecule has 0 saturated carbocycles.